The van der Waals surface area contributed by atoms with E-state index in [1.54, 1.807) is 7.11 Å². The number of halogens is 1. The highest BCUT2D eigenvalue weighted by molar-refractivity contribution is 9.10. The first-order chi connectivity index (χ1) is 10.5. The molecule has 0 aliphatic carbocycles. The molecule has 0 bridgehead atoms. The van der Waals surface area contributed by atoms with Crippen molar-refractivity contribution in [1.29, 1.82) is 0 Å². The highest BCUT2D eigenvalue weighted by Crippen LogP contribution is 2.43. The number of methoxy groups -OCH3 is 1. The number of aromatic nitrogens is 1. The first-order valence-corrected chi connectivity index (χ1v) is 7.37. The van der Waals surface area contributed by atoms with Gasteiger partial charge in [0, 0.05) is 34.9 Å². The Morgan fingerprint density at radius 3 is 2.91 bits per heavy atom. The summed E-state index contributed by atoms with van der Waals surface area (Å²) in [6, 6.07) is 3.77. The molecule has 22 heavy (non-hydrogen) atoms. The number of nitrogens with zero attached hydrogens (tertiary/aromatic N) is 2. The molecule has 1 aliphatic heterocycles. The molecule has 0 saturated heterocycles. The number of ether oxygens (including phenoxy) is 2. The van der Waals surface area contributed by atoms with Crippen LogP contribution < -0.4 is 20.9 Å². The van der Waals surface area contributed by atoms with E-state index in [-0.39, 0.29) is 0 Å². The van der Waals surface area contributed by atoms with E-state index in [9.17, 15) is 0 Å². The van der Waals surface area contributed by atoms with Crippen molar-refractivity contribution in [2.24, 2.45) is 4.99 Å². The summed E-state index contributed by atoms with van der Waals surface area (Å²) in [5, 5.41) is 0. The van der Waals surface area contributed by atoms with E-state index in [2.05, 4.69) is 32.6 Å². The quantitative estimate of drug-likeness (QED) is 0.698. The minimum atomic E-state index is 0.316. The molecule has 0 fully saturated rings. The van der Waals surface area contributed by atoms with Crippen LogP contribution in [0.15, 0.2) is 21.6 Å². The van der Waals surface area contributed by atoms with Crippen LogP contribution in [0.3, 0.4) is 0 Å². The molecule has 7 heteroatoms. The van der Waals surface area contributed by atoms with Crippen molar-refractivity contribution in [1.82, 2.24) is 4.98 Å². The number of benzene rings is 1. The molecule has 1 aromatic carbocycles. The minimum absolute atomic E-state index is 0.316. The van der Waals surface area contributed by atoms with Gasteiger partial charge < -0.3 is 20.9 Å². The fraction of sp³-hybridized carbons (Fsp3) is 0.200. The fourth-order valence-electron chi connectivity index (χ4n) is 2.47. The lowest BCUT2D eigenvalue weighted by atomic mass is 9.98. The van der Waals surface area contributed by atoms with Crippen molar-refractivity contribution in [3.05, 3.63) is 33.3 Å². The molecule has 0 spiro atoms. The Balaban J connectivity index is 2.11. The molecule has 1 aliphatic rings. The normalized spacial score (nSPS) is 12.1. The number of nitrogen functional groups attached to an aromatic ring is 2. The number of hydrogen-bond acceptors (Lipinski definition) is 6. The van der Waals surface area contributed by atoms with Crippen LogP contribution in [0.25, 0.3) is 0 Å². The highest BCUT2D eigenvalue weighted by Gasteiger charge is 2.25. The van der Waals surface area contributed by atoms with Gasteiger partial charge in [0.25, 0.3) is 0 Å². The van der Waals surface area contributed by atoms with Gasteiger partial charge in [-0.1, -0.05) is 0 Å². The van der Waals surface area contributed by atoms with Gasteiger partial charge in [-0.2, -0.15) is 4.98 Å². The first-order valence-electron chi connectivity index (χ1n) is 6.58. The molecule has 6 nitrogen and oxygen atoms in total. The highest BCUT2D eigenvalue weighted by atomic mass is 79.9. The van der Waals surface area contributed by atoms with E-state index >= 15 is 0 Å². The second kappa shape index (κ2) is 5.49. The van der Waals surface area contributed by atoms with E-state index in [1.165, 1.54) is 0 Å². The molecule has 3 rings (SSSR count). The van der Waals surface area contributed by atoms with Crippen LogP contribution in [0.5, 0.6) is 17.4 Å². The predicted octanol–water partition coefficient (Wildman–Crippen LogP) is 2.91. The maximum Gasteiger partial charge on any atom is 0.226 e. The number of nitrogens with two attached hydrogens (primary N) is 2. The Bertz CT molecular complexity index is 777. The Morgan fingerprint density at radius 2 is 2.23 bits per heavy atom. The van der Waals surface area contributed by atoms with E-state index in [0.717, 1.165) is 15.6 Å². The third-order valence-corrected chi connectivity index (χ3v) is 4.24. The van der Waals surface area contributed by atoms with Crippen LogP contribution in [0.2, 0.25) is 0 Å². The number of pyridine rings is 1. The molecule has 0 radical (unpaired) electrons. The molecule has 0 unspecified atom stereocenters. The summed E-state index contributed by atoms with van der Waals surface area (Å²) in [7, 11) is 1.60. The zero-order chi connectivity index (χ0) is 15.9. The Kier molecular flexibility index (Phi) is 3.66. The van der Waals surface area contributed by atoms with E-state index < -0.39 is 0 Å². The first kappa shape index (κ1) is 14.6. The average Bonchev–Trinajstić information content (AvgIpc) is 2.49. The van der Waals surface area contributed by atoms with Crippen LogP contribution in [0, 0.1) is 0 Å². The van der Waals surface area contributed by atoms with Gasteiger partial charge in [0.15, 0.2) is 0 Å². The number of hydrogen-bond donors (Lipinski definition) is 2. The summed E-state index contributed by atoms with van der Waals surface area (Å²) >= 11 is 3.47. The molecule has 0 saturated carbocycles. The maximum atomic E-state index is 6.22. The third kappa shape index (κ3) is 2.27. The molecular formula is C15H15BrN4O2. The average molecular weight is 363 g/mol. The number of anilines is 2. The fourth-order valence-corrected chi connectivity index (χ4v) is 3.03. The van der Waals surface area contributed by atoms with Crippen molar-refractivity contribution in [3.8, 4) is 17.4 Å². The standard InChI is InChI=1S/C15H15BrN4O2/c1-19-6-9-13(17)8-3-7-4-10(16)12(21-2)5-11(7)22-15(8)20-14(9)18/h4-5H,1,3,6H2,2H3,(H4,17,18,20). The second-order valence-electron chi connectivity index (χ2n) is 4.93. The van der Waals surface area contributed by atoms with Crippen molar-refractivity contribution in [2.45, 2.75) is 13.0 Å². The van der Waals surface area contributed by atoms with E-state index in [0.29, 0.717) is 47.4 Å². The Labute approximate surface area is 136 Å². The molecule has 2 aromatic rings. The monoisotopic (exact) mass is 362 g/mol. The lowest BCUT2D eigenvalue weighted by Gasteiger charge is -2.23. The smallest absolute Gasteiger partial charge is 0.226 e. The minimum Gasteiger partial charge on any atom is -0.495 e. The summed E-state index contributed by atoms with van der Waals surface area (Å²) in [5.41, 5.74) is 15.2. The Morgan fingerprint density at radius 1 is 1.45 bits per heavy atom. The van der Waals surface area contributed by atoms with Crippen LogP contribution in [0.4, 0.5) is 11.5 Å². The van der Waals surface area contributed by atoms with Gasteiger partial charge in [-0.25, -0.2) is 0 Å². The van der Waals surface area contributed by atoms with Crippen LogP contribution in [-0.4, -0.2) is 18.8 Å². The summed E-state index contributed by atoms with van der Waals surface area (Å²) in [6.45, 7) is 3.81. The molecule has 0 atom stereocenters. The topological polar surface area (TPSA) is 95.8 Å². The van der Waals surface area contributed by atoms with Crippen molar-refractivity contribution in [2.75, 3.05) is 18.6 Å². The molecule has 114 valence electrons. The SMILES string of the molecule is C=NCc1c(N)nc2c(c1N)Cc1cc(Br)c(OC)cc1O2. The van der Waals surface area contributed by atoms with Crippen molar-refractivity contribution < 1.29 is 9.47 Å². The summed E-state index contributed by atoms with van der Waals surface area (Å²) < 4.78 is 12.0. The zero-order valence-electron chi connectivity index (χ0n) is 12.0. The van der Waals surface area contributed by atoms with Gasteiger partial charge in [-0.3, -0.25) is 4.99 Å². The van der Waals surface area contributed by atoms with Crippen molar-refractivity contribution >= 4 is 34.2 Å². The Hall–Kier alpha value is -2.28. The predicted molar refractivity (Wildman–Crippen MR) is 89.9 cm³/mol. The number of fused-ring (bicyclic) bond motifs is 2. The number of rotatable bonds is 3. The lowest BCUT2D eigenvalue weighted by molar-refractivity contribution is 0.400. The van der Waals surface area contributed by atoms with Gasteiger partial charge in [0.2, 0.25) is 5.88 Å². The van der Waals surface area contributed by atoms with Crippen molar-refractivity contribution in [3.63, 3.8) is 0 Å². The van der Waals surface area contributed by atoms with Gasteiger partial charge in [-0.15, -0.1) is 0 Å². The second-order valence-corrected chi connectivity index (χ2v) is 5.78. The van der Waals surface area contributed by atoms with E-state index in [4.69, 9.17) is 20.9 Å². The summed E-state index contributed by atoms with van der Waals surface area (Å²) in [4.78, 5) is 8.15. The van der Waals surface area contributed by atoms with Crippen LogP contribution in [-0.2, 0) is 13.0 Å². The molecule has 4 N–H and O–H groups in total. The number of aliphatic imine (C=N–C) groups is 1. The van der Waals surface area contributed by atoms with Gasteiger partial charge in [0.05, 0.1) is 18.1 Å². The molecule has 1 aromatic heterocycles. The van der Waals surface area contributed by atoms with Gasteiger partial charge in [0.1, 0.15) is 17.3 Å². The summed E-state index contributed by atoms with van der Waals surface area (Å²) in [6.07, 6.45) is 0.608. The van der Waals surface area contributed by atoms with Crippen LogP contribution >= 0.6 is 15.9 Å². The molecule has 0 amide bonds. The van der Waals surface area contributed by atoms with Crippen LogP contribution in [0.1, 0.15) is 16.7 Å². The summed E-state index contributed by atoms with van der Waals surface area (Å²) in [5.74, 6) is 2.12. The molecular weight excluding hydrogens is 348 g/mol. The van der Waals surface area contributed by atoms with E-state index in [1.807, 2.05) is 12.1 Å². The van der Waals surface area contributed by atoms with Gasteiger partial charge in [-0.05, 0) is 28.7 Å². The zero-order valence-corrected chi connectivity index (χ0v) is 13.6. The lowest BCUT2D eigenvalue weighted by Crippen LogP contribution is -2.13. The van der Waals surface area contributed by atoms with Gasteiger partial charge >= 0.3 is 0 Å². The maximum absolute atomic E-state index is 6.22. The third-order valence-electron chi connectivity index (χ3n) is 3.62. The molecule has 2 heterocycles. The largest absolute Gasteiger partial charge is 0.495 e.